The molecule has 1 fully saturated rings. The van der Waals surface area contributed by atoms with Crippen molar-refractivity contribution < 1.29 is 24.2 Å². The molecule has 0 radical (unpaired) electrons. The van der Waals surface area contributed by atoms with Crippen molar-refractivity contribution in [2.45, 2.75) is 12.8 Å². The second-order valence-electron chi connectivity index (χ2n) is 8.01. The summed E-state index contributed by atoms with van der Waals surface area (Å²) in [6.07, 6.45) is -0.606. The highest BCUT2D eigenvalue weighted by molar-refractivity contribution is 5.95. The summed E-state index contributed by atoms with van der Waals surface area (Å²) >= 11 is 0. The standard InChI is InChI=1S/C24H22N2O5/c1-24(22(28)29)14-26(15-24)21(27)11-6-12-25-23(30)31-13-20-18-9-4-2-7-16(18)17-8-3-5-10-19(17)20/h2-5,7-10,20H,12-15H2,1H3,(H,25,30)(H,28,29). The second kappa shape index (κ2) is 8.15. The van der Waals surface area contributed by atoms with Crippen molar-refractivity contribution in [3.05, 3.63) is 59.7 Å². The summed E-state index contributed by atoms with van der Waals surface area (Å²) in [5.41, 5.74) is 3.66. The molecule has 0 saturated carbocycles. The number of aliphatic carboxylic acids is 1. The molecule has 1 saturated heterocycles. The molecule has 0 aromatic heterocycles. The quantitative estimate of drug-likeness (QED) is 0.744. The highest BCUT2D eigenvalue weighted by Crippen LogP contribution is 2.44. The fourth-order valence-electron chi connectivity index (χ4n) is 4.04. The average molecular weight is 418 g/mol. The minimum Gasteiger partial charge on any atom is -0.481 e. The van der Waals surface area contributed by atoms with Gasteiger partial charge in [0.1, 0.15) is 12.0 Å². The number of likely N-dealkylation sites (tertiary alicyclic amines) is 1. The summed E-state index contributed by atoms with van der Waals surface area (Å²) in [7, 11) is 0. The average Bonchev–Trinajstić information content (AvgIpc) is 3.06. The van der Waals surface area contributed by atoms with Crippen LogP contribution in [0, 0.1) is 17.3 Å². The third-order valence-electron chi connectivity index (χ3n) is 5.74. The van der Waals surface area contributed by atoms with E-state index in [9.17, 15) is 14.4 Å². The van der Waals surface area contributed by atoms with E-state index >= 15 is 0 Å². The van der Waals surface area contributed by atoms with Crippen LogP contribution in [0.25, 0.3) is 11.1 Å². The molecule has 2 aromatic carbocycles. The number of benzene rings is 2. The first-order valence-electron chi connectivity index (χ1n) is 9.99. The van der Waals surface area contributed by atoms with Crippen molar-refractivity contribution in [3.63, 3.8) is 0 Å². The Labute approximate surface area is 180 Å². The van der Waals surface area contributed by atoms with Crippen LogP contribution in [0.4, 0.5) is 4.79 Å². The van der Waals surface area contributed by atoms with Gasteiger partial charge in [-0.3, -0.25) is 9.59 Å². The third kappa shape index (κ3) is 3.97. The van der Waals surface area contributed by atoms with E-state index in [0.29, 0.717) is 0 Å². The summed E-state index contributed by atoms with van der Waals surface area (Å²) in [5, 5.41) is 11.6. The largest absolute Gasteiger partial charge is 0.481 e. The van der Waals surface area contributed by atoms with Gasteiger partial charge in [0.15, 0.2) is 0 Å². The fourth-order valence-corrected chi connectivity index (χ4v) is 4.04. The molecule has 7 heteroatoms. The number of fused-ring (bicyclic) bond motifs is 3. The van der Waals surface area contributed by atoms with Crippen LogP contribution in [0.15, 0.2) is 48.5 Å². The predicted molar refractivity (Wildman–Crippen MR) is 113 cm³/mol. The number of nitrogens with zero attached hydrogens (tertiary/aromatic N) is 1. The molecule has 31 heavy (non-hydrogen) atoms. The Hall–Kier alpha value is -3.79. The lowest BCUT2D eigenvalue weighted by atomic mass is 9.82. The molecule has 4 rings (SSSR count). The van der Waals surface area contributed by atoms with Crippen LogP contribution in [-0.4, -0.2) is 54.2 Å². The van der Waals surface area contributed by atoms with Gasteiger partial charge >= 0.3 is 12.1 Å². The van der Waals surface area contributed by atoms with Gasteiger partial charge in [-0.15, -0.1) is 0 Å². The van der Waals surface area contributed by atoms with Crippen LogP contribution in [0.3, 0.4) is 0 Å². The van der Waals surface area contributed by atoms with Gasteiger partial charge < -0.3 is 20.1 Å². The van der Waals surface area contributed by atoms with Crippen molar-refractivity contribution >= 4 is 18.0 Å². The third-order valence-corrected chi connectivity index (χ3v) is 5.74. The van der Waals surface area contributed by atoms with Gasteiger partial charge in [-0.2, -0.15) is 0 Å². The van der Waals surface area contributed by atoms with E-state index in [0.717, 1.165) is 22.3 Å². The number of alkyl carbamates (subject to hydrolysis) is 1. The zero-order valence-corrected chi connectivity index (χ0v) is 17.1. The van der Waals surface area contributed by atoms with Crippen molar-refractivity contribution in [3.8, 4) is 23.0 Å². The summed E-state index contributed by atoms with van der Waals surface area (Å²) in [6, 6.07) is 16.2. The highest BCUT2D eigenvalue weighted by Gasteiger charge is 2.47. The van der Waals surface area contributed by atoms with Crippen LogP contribution < -0.4 is 5.32 Å². The lowest BCUT2D eigenvalue weighted by Gasteiger charge is -2.43. The molecule has 1 aliphatic carbocycles. The molecule has 0 spiro atoms. The molecular formula is C24H22N2O5. The Balaban J connectivity index is 1.26. The molecule has 2 aromatic rings. The van der Waals surface area contributed by atoms with Gasteiger partial charge in [-0.05, 0) is 35.1 Å². The van der Waals surface area contributed by atoms with Gasteiger partial charge in [0, 0.05) is 19.0 Å². The smallest absolute Gasteiger partial charge is 0.407 e. The van der Waals surface area contributed by atoms with Crippen molar-refractivity contribution in [2.24, 2.45) is 5.41 Å². The van der Waals surface area contributed by atoms with E-state index in [1.807, 2.05) is 36.4 Å². The summed E-state index contributed by atoms with van der Waals surface area (Å²) < 4.78 is 5.40. The van der Waals surface area contributed by atoms with E-state index in [1.54, 1.807) is 6.92 Å². The monoisotopic (exact) mass is 418 g/mol. The maximum atomic E-state index is 12.1. The Bertz CT molecular complexity index is 1060. The van der Waals surface area contributed by atoms with Crippen LogP contribution in [0.2, 0.25) is 0 Å². The van der Waals surface area contributed by atoms with Gasteiger partial charge in [0.25, 0.3) is 5.91 Å². The molecule has 2 aliphatic rings. The number of amides is 2. The first kappa shape index (κ1) is 20.5. The van der Waals surface area contributed by atoms with Crippen molar-refractivity contribution in [1.82, 2.24) is 10.2 Å². The number of carbonyl (C=O) groups excluding carboxylic acids is 2. The molecule has 158 valence electrons. The van der Waals surface area contributed by atoms with Crippen molar-refractivity contribution in [1.29, 1.82) is 0 Å². The van der Waals surface area contributed by atoms with E-state index < -0.39 is 23.4 Å². The van der Waals surface area contributed by atoms with Crippen LogP contribution in [-0.2, 0) is 14.3 Å². The van der Waals surface area contributed by atoms with Crippen LogP contribution in [0.1, 0.15) is 24.0 Å². The zero-order chi connectivity index (χ0) is 22.0. The Morgan fingerprint density at radius 3 is 2.26 bits per heavy atom. The van der Waals surface area contributed by atoms with E-state index in [1.165, 1.54) is 4.90 Å². The van der Waals surface area contributed by atoms with E-state index in [-0.39, 0.29) is 32.2 Å². The molecule has 0 atom stereocenters. The van der Waals surface area contributed by atoms with Gasteiger partial charge in [-0.25, -0.2) is 4.79 Å². The molecule has 1 heterocycles. The molecule has 2 N–H and O–H groups in total. The Morgan fingerprint density at radius 2 is 1.68 bits per heavy atom. The fraction of sp³-hybridized carbons (Fsp3) is 0.292. The summed E-state index contributed by atoms with van der Waals surface area (Å²) in [6.45, 7) is 2.02. The maximum Gasteiger partial charge on any atom is 0.407 e. The number of nitrogens with one attached hydrogen (secondary N) is 1. The SMILES string of the molecule is CC1(C(=O)O)CN(C(=O)C#CCNC(=O)OCC2c3ccccc3-c3ccccc32)C1. The number of carbonyl (C=O) groups is 3. The zero-order valence-electron chi connectivity index (χ0n) is 17.1. The minimum atomic E-state index is -0.929. The predicted octanol–water partition coefficient (Wildman–Crippen LogP) is 2.46. The Morgan fingerprint density at radius 1 is 1.10 bits per heavy atom. The Kier molecular flexibility index (Phi) is 5.38. The normalized spacial score (nSPS) is 15.6. The maximum absolute atomic E-state index is 12.1. The van der Waals surface area contributed by atoms with E-state index in [2.05, 4.69) is 29.3 Å². The molecule has 0 bridgehead atoms. The van der Waals surface area contributed by atoms with Gasteiger partial charge in [-0.1, -0.05) is 54.5 Å². The topological polar surface area (TPSA) is 95.9 Å². The molecular weight excluding hydrogens is 396 g/mol. The van der Waals surface area contributed by atoms with Gasteiger partial charge in [0.05, 0.1) is 6.54 Å². The number of hydrogen-bond acceptors (Lipinski definition) is 4. The molecule has 2 amide bonds. The summed E-state index contributed by atoms with van der Waals surface area (Å²) in [5.74, 6) is 3.59. The van der Waals surface area contributed by atoms with E-state index in [4.69, 9.17) is 9.84 Å². The first-order valence-corrected chi connectivity index (χ1v) is 9.99. The van der Waals surface area contributed by atoms with Crippen LogP contribution in [0.5, 0.6) is 0 Å². The second-order valence-corrected chi connectivity index (χ2v) is 8.01. The number of hydrogen-bond donors (Lipinski definition) is 2. The molecule has 7 nitrogen and oxygen atoms in total. The summed E-state index contributed by atoms with van der Waals surface area (Å²) in [4.78, 5) is 36.4. The lowest BCUT2D eigenvalue weighted by Crippen LogP contribution is -2.60. The first-order chi connectivity index (χ1) is 14.9. The number of carboxylic acids is 1. The highest BCUT2D eigenvalue weighted by atomic mass is 16.5. The molecule has 0 unspecified atom stereocenters. The number of carboxylic acid groups (broad SMARTS) is 1. The lowest BCUT2D eigenvalue weighted by molar-refractivity contribution is -0.161. The number of ether oxygens (including phenoxy) is 1. The van der Waals surface area contributed by atoms with Crippen molar-refractivity contribution in [2.75, 3.05) is 26.2 Å². The molecule has 1 aliphatic heterocycles. The van der Waals surface area contributed by atoms with Crippen LogP contribution >= 0.6 is 0 Å². The minimum absolute atomic E-state index is 0.0271. The van der Waals surface area contributed by atoms with Gasteiger partial charge in [0.2, 0.25) is 0 Å². The number of rotatable bonds is 4.